The van der Waals surface area contributed by atoms with Crippen molar-refractivity contribution in [3.63, 3.8) is 0 Å². The van der Waals surface area contributed by atoms with Gasteiger partial charge in [-0.1, -0.05) is 24.3 Å². The van der Waals surface area contributed by atoms with Crippen LogP contribution in [0.15, 0.2) is 36.4 Å². The maximum absolute atomic E-state index is 14.2. The zero-order valence-corrected chi connectivity index (χ0v) is 14.4. The van der Waals surface area contributed by atoms with Gasteiger partial charge in [0.15, 0.2) is 17.4 Å². The molecule has 0 aromatic heterocycles. The van der Waals surface area contributed by atoms with E-state index >= 15 is 0 Å². The van der Waals surface area contributed by atoms with E-state index in [-0.39, 0.29) is 6.04 Å². The van der Waals surface area contributed by atoms with Crippen LogP contribution in [-0.4, -0.2) is 37.1 Å². The van der Waals surface area contributed by atoms with Crippen molar-refractivity contribution in [3.05, 3.63) is 65.0 Å². The highest BCUT2D eigenvalue weighted by Gasteiger charge is 2.39. The molecule has 0 saturated carbocycles. The molecular formula is C20H21F3N2O. The average molecular weight is 362 g/mol. The SMILES string of the molecule is Fc1ccc(F)c(O[C@H]2c3ccccc3C[C@H]2N2CCCNCC2)c1F. The molecule has 1 aliphatic heterocycles. The Morgan fingerprint density at radius 1 is 0.962 bits per heavy atom. The van der Waals surface area contributed by atoms with Crippen LogP contribution in [0, 0.1) is 17.5 Å². The van der Waals surface area contributed by atoms with Crippen LogP contribution in [0.25, 0.3) is 0 Å². The summed E-state index contributed by atoms with van der Waals surface area (Å²) >= 11 is 0. The summed E-state index contributed by atoms with van der Waals surface area (Å²) in [6, 6.07) is 9.42. The monoisotopic (exact) mass is 362 g/mol. The van der Waals surface area contributed by atoms with Gasteiger partial charge in [0.05, 0.1) is 6.04 Å². The summed E-state index contributed by atoms with van der Waals surface area (Å²) in [4.78, 5) is 2.31. The van der Waals surface area contributed by atoms with Gasteiger partial charge < -0.3 is 10.1 Å². The fourth-order valence-corrected chi connectivity index (χ4v) is 3.94. The summed E-state index contributed by atoms with van der Waals surface area (Å²) < 4.78 is 47.7. The zero-order chi connectivity index (χ0) is 18.1. The summed E-state index contributed by atoms with van der Waals surface area (Å²) in [5.41, 5.74) is 2.02. The first kappa shape index (κ1) is 17.4. The predicted octanol–water partition coefficient (Wildman–Crippen LogP) is 3.44. The minimum absolute atomic E-state index is 0.0330. The number of nitrogens with zero attached hydrogens (tertiary/aromatic N) is 1. The van der Waals surface area contributed by atoms with E-state index in [1.54, 1.807) is 0 Å². The van der Waals surface area contributed by atoms with E-state index in [9.17, 15) is 13.2 Å². The Morgan fingerprint density at radius 2 is 1.77 bits per heavy atom. The Kier molecular flexibility index (Phi) is 4.87. The Hall–Kier alpha value is -2.05. The molecule has 0 spiro atoms. The van der Waals surface area contributed by atoms with Crippen molar-refractivity contribution >= 4 is 0 Å². The summed E-state index contributed by atoms with van der Waals surface area (Å²) in [5.74, 6) is -3.90. The maximum Gasteiger partial charge on any atom is 0.203 e. The molecule has 0 radical (unpaired) electrons. The van der Waals surface area contributed by atoms with Gasteiger partial charge in [-0.2, -0.15) is 4.39 Å². The molecule has 1 fully saturated rings. The normalized spacial score (nSPS) is 23.5. The van der Waals surface area contributed by atoms with Gasteiger partial charge in [-0.05, 0) is 49.2 Å². The fourth-order valence-electron chi connectivity index (χ4n) is 3.94. The molecule has 6 heteroatoms. The van der Waals surface area contributed by atoms with Crippen molar-refractivity contribution in [2.24, 2.45) is 0 Å². The van der Waals surface area contributed by atoms with Crippen molar-refractivity contribution in [2.45, 2.75) is 25.0 Å². The second-order valence-corrected chi connectivity index (χ2v) is 6.82. The first-order chi connectivity index (χ1) is 12.6. The summed E-state index contributed by atoms with van der Waals surface area (Å²) in [6.07, 6.45) is 1.22. The lowest BCUT2D eigenvalue weighted by Gasteiger charge is -2.32. The van der Waals surface area contributed by atoms with Crippen LogP contribution >= 0.6 is 0 Å². The molecule has 0 bridgehead atoms. The number of hydrogen-bond donors (Lipinski definition) is 1. The third-order valence-corrected chi connectivity index (χ3v) is 5.23. The van der Waals surface area contributed by atoms with E-state index in [2.05, 4.69) is 10.2 Å². The molecular weight excluding hydrogens is 341 g/mol. The highest BCUT2D eigenvalue weighted by atomic mass is 19.2. The zero-order valence-electron chi connectivity index (χ0n) is 14.4. The van der Waals surface area contributed by atoms with Crippen LogP contribution in [-0.2, 0) is 6.42 Å². The topological polar surface area (TPSA) is 24.5 Å². The van der Waals surface area contributed by atoms with E-state index in [0.717, 1.165) is 62.3 Å². The van der Waals surface area contributed by atoms with Crippen LogP contribution < -0.4 is 10.1 Å². The highest BCUT2D eigenvalue weighted by molar-refractivity contribution is 5.38. The second kappa shape index (κ2) is 7.29. The van der Waals surface area contributed by atoms with Gasteiger partial charge in [0, 0.05) is 13.1 Å². The van der Waals surface area contributed by atoms with Gasteiger partial charge in [0.1, 0.15) is 6.10 Å². The molecule has 1 aliphatic carbocycles. The van der Waals surface area contributed by atoms with Gasteiger partial charge in [-0.25, -0.2) is 8.78 Å². The number of fused-ring (bicyclic) bond motifs is 1. The third kappa shape index (κ3) is 3.19. The third-order valence-electron chi connectivity index (χ3n) is 5.23. The predicted molar refractivity (Wildman–Crippen MR) is 92.7 cm³/mol. The molecule has 1 N–H and O–H groups in total. The quantitative estimate of drug-likeness (QED) is 0.847. The van der Waals surface area contributed by atoms with E-state index in [1.807, 2.05) is 24.3 Å². The number of hydrogen-bond acceptors (Lipinski definition) is 3. The molecule has 0 unspecified atom stereocenters. The van der Waals surface area contributed by atoms with E-state index < -0.39 is 29.3 Å². The number of nitrogens with one attached hydrogen (secondary N) is 1. The van der Waals surface area contributed by atoms with Crippen LogP contribution in [0.2, 0.25) is 0 Å². The minimum Gasteiger partial charge on any atom is -0.478 e. The first-order valence-corrected chi connectivity index (χ1v) is 8.98. The minimum atomic E-state index is -1.27. The van der Waals surface area contributed by atoms with Crippen molar-refractivity contribution in [3.8, 4) is 5.75 Å². The van der Waals surface area contributed by atoms with E-state index in [1.165, 1.54) is 0 Å². The van der Waals surface area contributed by atoms with Crippen LogP contribution in [0.4, 0.5) is 13.2 Å². The standard InChI is InChI=1S/C20H21F3N2O/c21-15-6-7-16(22)20(18(15)23)26-19-14-5-2-1-4-13(14)12-17(19)25-10-3-8-24-9-11-25/h1-2,4-7,17,19,24H,3,8-12H2/t17-,19+/m1/s1. The molecule has 1 heterocycles. The maximum atomic E-state index is 14.2. The van der Waals surface area contributed by atoms with Gasteiger partial charge in [0.25, 0.3) is 0 Å². The van der Waals surface area contributed by atoms with Gasteiger partial charge in [-0.15, -0.1) is 0 Å². The molecule has 2 aromatic rings. The van der Waals surface area contributed by atoms with Crippen molar-refractivity contribution < 1.29 is 17.9 Å². The molecule has 2 aliphatic rings. The van der Waals surface area contributed by atoms with Gasteiger partial charge in [-0.3, -0.25) is 4.90 Å². The highest BCUT2D eigenvalue weighted by Crippen LogP contribution is 2.39. The Labute approximate surface area is 150 Å². The Bertz CT molecular complexity index is 791. The van der Waals surface area contributed by atoms with Crippen molar-refractivity contribution in [1.82, 2.24) is 10.2 Å². The number of benzene rings is 2. The van der Waals surface area contributed by atoms with E-state index in [0.29, 0.717) is 0 Å². The number of rotatable bonds is 3. The molecule has 1 saturated heterocycles. The number of ether oxygens (including phenoxy) is 1. The van der Waals surface area contributed by atoms with Crippen molar-refractivity contribution in [2.75, 3.05) is 26.2 Å². The lowest BCUT2D eigenvalue weighted by atomic mass is 10.1. The largest absolute Gasteiger partial charge is 0.478 e. The molecule has 26 heavy (non-hydrogen) atoms. The van der Waals surface area contributed by atoms with Crippen LogP contribution in [0.1, 0.15) is 23.7 Å². The molecule has 138 valence electrons. The molecule has 2 atom stereocenters. The molecule has 3 nitrogen and oxygen atoms in total. The molecule has 4 rings (SSSR count). The smallest absolute Gasteiger partial charge is 0.203 e. The van der Waals surface area contributed by atoms with Gasteiger partial charge >= 0.3 is 0 Å². The van der Waals surface area contributed by atoms with E-state index in [4.69, 9.17) is 4.74 Å². The summed E-state index contributed by atoms with van der Waals surface area (Å²) in [6.45, 7) is 3.54. The van der Waals surface area contributed by atoms with Gasteiger partial charge in [0.2, 0.25) is 5.82 Å². The lowest BCUT2D eigenvalue weighted by Crippen LogP contribution is -2.42. The fraction of sp³-hybridized carbons (Fsp3) is 0.400. The lowest BCUT2D eigenvalue weighted by molar-refractivity contribution is 0.0751. The number of halogens is 3. The average Bonchev–Trinajstić information content (AvgIpc) is 2.82. The molecule has 2 aromatic carbocycles. The Balaban J connectivity index is 1.69. The molecule has 0 amide bonds. The van der Waals surface area contributed by atoms with Crippen LogP contribution in [0.3, 0.4) is 0 Å². The van der Waals surface area contributed by atoms with Crippen LogP contribution in [0.5, 0.6) is 5.75 Å². The Morgan fingerprint density at radius 3 is 2.65 bits per heavy atom. The second-order valence-electron chi connectivity index (χ2n) is 6.82. The van der Waals surface area contributed by atoms with Crippen molar-refractivity contribution in [1.29, 1.82) is 0 Å². The summed E-state index contributed by atoms with van der Waals surface area (Å²) in [7, 11) is 0. The summed E-state index contributed by atoms with van der Waals surface area (Å²) in [5, 5.41) is 3.36. The first-order valence-electron chi connectivity index (χ1n) is 8.98.